The Morgan fingerprint density at radius 2 is 1.76 bits per heavy atom. The lowest BCUT2D eigenvalue weighted by molar-refractivity contribution is -0.136. The van der Waals surface area contributed by atoms with E-state index >= 15 is 0 Å². The van der Waals surface area contributed by atoms with Gasteiger partial charge in [-0.3, -0.25) is 9.69 Å². The second-order valence-corrected chi connectivity index (χ2v) is 7.37. The highest BCUT2D eigenvalue weighted by molar-refractivity contribution is 5.78. The number of carbonyl (C=O) groups is 1. The summed E-state index contributed by atoms with van der Waals surface area (Å²) in [5.74, 6) is 0.851. The van der Waals surface area contributed by atoms with Crippen molar-refractivity contribution in [1.82, 2.24) is 15.1 Å². The van der Waals surface area contributed by atoms with Gasteiger partial charge in [-0.15, -0.1) is 0 Å². The van der Waals surface area contributed by atoms with E-state index in [1.165, 1.54) is 12.8 Å². The molecule has 1 N–H and O–H groups in total. The van der Waals surface area contributed by atoms with E-state index < -0.39 is 0 Å². The van der Waals surface area contributed by atoms with Crippen LogP contribution >= 0.6 is 0 Å². The number of hydrogen-bond donors (Lipinski definition) is 1. The average molecular weight is 297 g/mol. The van der Waals surface area contributed by atoms with Crippen molar-refractivity contribution >= 4 is 5.91 Å². The maximum atomic E-state index is 12.7. The molecule has 4 nitrogen and oxygen atoms in total. The van der Waals surface area contributed by atoms with Crippen molar-refractivity contribution in [2.45, 2.75) is 72.5 Å². The van der Waals surface area contributed by atoms with E-state index in [0.717, 1.165) is 19.6 Å². The van der Waals surface area contributed by atoms with E-state index in [2.05, 4.69) is 51.8 Å². The smallest absolute Gasteiger partial charge is 0.237 e. The topological polar surface area (TPSA) is 35.6 Å². The van der Waals surface area contributed by atoms with E-state index in [-0.39, 0.29) is 18.0 Å². The zero-order chi connectivity index (χ0) is 16.0. The van der Waals surface area contributed by atoms with E-state index in [1.807, 2.05) is 4.90 Å². The van der Waals surface area contributed by atoms with Gasteiger partial charge in [0, 0.05) is 31.2 Å². The summed E-state index contributed by atoms with van der Waals surface area (Å²) in [6.45, 7) is 16.5. The van der Waals surface area contributed by atoms with Gasteiger partial charge in [0.05, 0.1) is 6.54 Å². The minimum Gasteiger partial charge on any atom is -0.337 e. The molecule has 1 unspecified atom stereocenters. The Bertz CT molecular complexity index is 301. The van der Waals surface area contributed by atoms with Crippen LogP contribution in [0.1, 0.15) is 54.4 Å². The largest absolute Gasteiger partial charge is 0.337 e. The molecule has 4 heteroatoms. The summed E-state index contributed by atoms with van der Waals surface area (Å²) in [7, 11) is 0. The van der Waals surface area contributed by atoms with E-state index in [9.17, 15) is 4.79 Å². The van der Waals surface area contributed by atoms with Crippen LogP contribution in [0.4, 0.5) is 0 Å². The van der Waals surface area contributed by atoms with Gasteiger partial charge in [0.15, 0.2) is 0 Å². The van der Waals surface area contributed by atoms with Crippen LogP contribution in [0.5, 0.6) is 0 Å². The van der Waals surface area contributed by atoms with Crippen molar-refractivity contribution in [3.8, 4) is 0 Å². The molecule has 21 heavy (non-hydrogen) atoms. The van der Waals surface area contributed by atoms with Gasteiger partial charge in [-0.05, 0) is 53.0 Å². The lowest BCUT2D eigenvalue weighted by atomic mass is 10.1. The molecule has 1 rings (SSSR count). The molecule has 1 aliphatic heterocycles. The van der Waals surface area contributed by atoms with Crippen molar-refractivity contribution in [1.29, 1.82) is 0 Å². The summed E-state index contributed by atoms with van der Waals surface area (Å²) in [5.41, 5.74) is 0. The molecule has 1 atom stereocenters. The zero-order valence-corrected chi connectivity index (χ0v) is 14.9. The zero-order valence-electron chi connectivity index (χ0n) is 14.9. The highest BCUT2D eigenvalue weighted by atomic mass is 16.2. The summed E-state index contributed by atoms with van der Waals surface area (Å²) in [6, 6.07) is 1.09. The Balaban J connectivity index is 2.62. The molecule has 0 saturated carbocycles. The molecule has 0 aromatic carbocycles. The Kier molecular flexibility index (Phi) is 7.67. The Labute approximate surface area is 131 Å². The maximum absolute atomic E-state index is 12.7. The number of nitrogens with one attached hydrogen (secondary N) is 1. The lowest BCUT2D eigenvalue weighted by Crippen LogP contribution is -2.49. The molecule has 0 aliphatic carbocycles. The SMILES string of the molecule is CC(C)CN(CC(=O)N(C(C)C)C(C)C)CC1CCCN1. The minimum atomic E-state index is 0.263. The predicted octanol–water partition coefficient (Wildman–Crippen LogP) is 2.34. The van der Waals surface area contributed by atoms with Gasteiger partial charge < -0.3 is 10.2 Å². The molecule has 1 amide bonds. The van der Waals surface area contributed by atoms with Crippen LogP contribution in [0.25, 0.3) is 0 Å². The molecular formula is C17H35N3O. The lowest BCUT2D eigenvalue weighted by Gasteiger charge is -2.34. The number of rotatable bonds is 8. The Hall–Kier alpha value is -0.610. The van der Waals surface area contributed by atoms with Gasteiger partial charge in [-0.25, -0.2) is 0 Å². The second kappa shape index (κ2) is 8.74. The summed E-state index contributed by atoms with van der Waals surface area (Å²) in [6.07, 6.45) is 2.50. The first-order valence-corrected chi connectivity index (χ1v) is 8.58. The molecule has 0 bridgehead atoms. The van der Waals surface area contributed by atoms with Crippen LogP contribution < -0.4 is 5.32 Å². The van der Waals surface area contributed by atoms with Gasteiger partial charge in [-0.1, -0.05) is 13.8 Å². The monoisotopic (exact) mass is 297 g/mol. The Morgan fingerprint density at radius 3 is 2.19 bits per heavy atom. The fourth-order valence-electron chi connectivity index (χ4n) is 3.39. The van der Waals surface area contributed by atoms with E-state index in [1.54, 1.807) is 0 Å². The quantitative estimate of drug-likeness (QED) is 0.747. The summed E-state index contributed by atoms with van der Waals surface area (Å²) < 4.78 is 0. The van der Waals surface area contributed by atoms with Gasteiger partial charge in [0.1, 0.15) is 0 Å². The van der Waals surface area contributed by atoms with Gasteiger partial charge >= 0.3 is 0 Å². The summed E-state index contributed by atoms with van der Waals surface area (Å²) in [4.78, 5) is 17.0. The van der Waals surface area contributed by atoms with Gasteiger partial charge in [0.25, 0.3) is 0 Å². The van der Waals surface area contributed by atoms with Crippen molar-refractivity contribution in [3.63, 3.8) is 0 Å². The summed E-state index contributed by atoms with van der Waals surface area (Å²) >= 11 is 0. The van der Waals surface area contributed by atoms with Gasteiger partial charge in [-0.2, -0.15) is 0 Å². The number of nitrogens with zero attached hydrogens (tertiary/aromatic N) is 2. The third-order valence-electron chi connectivity index (χ3n) is 4.02. The van der Waals surface area contributed by atoms with Crippen molar-refractivity contribution in [2.24, 2.45) is 5.92 Å². The first-order valence-electron chi connectivity index (χ1n) is 8.58. The minimum absolute atomic E-state index is 0.263. The maximum Gasteiger partial charge on any atom is 0.237 e. The fourth-order valence-corrected chi connectivity index (χ4v) is 3.39. The van der Waals surface area contributed by atoms with Crippen molar-refractivity contribution < 1.29 is 4.79 Å². The average Bonchev–Trinajstić information content (AvgIpc) is 2.79. The standard InChI is InChI=1S/C17H35N3O/c1-13(2)10-19(11-16-8-7-9-18-16)12-17(21)20(14(3)4)15(5)6/h13-16,18H,7-12H2,1-6H3. The van der Waals surface area contributed by atoms with Crippen LogP contribution in [-0.2, 0) is 4.79 Å². The number of hydrogen-bond acceptors (Lipinski definition) is 3. The van der Waals surface area contributed by atoms with Crippen LogP contribution in [0, 0.1) is 5.92 Å². The van der Waals surface area contributed by atoms with Gasteiger partial charge in [0.2, 0.25) is 5.91 Å². The molecule has 1 heterocycles. The molecule has 0 radical (unpaired) electrons. The van der Waals surface area contributed by atoms with Crippen LogP contribution in [0.2, 0.25) is 0 Å². The number of carbonyl (C=O) groups excluding carboxylic acids is 1. The molecule has 0 aromatic rings. The first kappa shape index (κ1) is 18.4. The van der Waals surface area contributed by atoms with E-state index in [4.69, 9.17) is 0 Å². The third-order valence-corrected chi connectivity index (χ3v) is 4.02. The second-order valence-electron chi connectivity index (χ2n) is 7.37. The van der Waals surface area contributed by atoms with Crippen LogP contribution in [0.3, 0.4) is 0 Å². The normalized spacial score (nSPS) is 19.2. The van der Waals surface area contributed by atoms with E-state index in [0.29, 0.717) is 18.5 Å². The molecule has 1 saturated heterocycles. The highest BCUT2D eigenvalue weighted by Crippen LogP contribution is 2.11. The first-order chi connectivity index (χ1) is 9.81. The molecule has 124 valence electrons. The van der Waals surface area contributed by atoms with Crippen molar-refractivity contribution in [2.75, 3.05) is 26.2 Å². The fraction of sp³-hybridized carbons (Fsp3) is 0.941. The number of amides is 1. The molecule has 0 aromatic heterocycles. The molecular weight excluding hydrogens is 262 g/mol. The Morgan fingerprint density at radius 1 is 1.14 bits per heavy atom. The predicted molar refractivity (Wildman–Crippen MR) is 89.4 cm³/mol. The molecule has 1 fully saturated rings. The van der Waals surface area contributed by atoms with Crippen LogP contribution in [0.15, 0.2) is 0 Å². The highest BCUT2D eigenvalue weighted by Gasteiger charge is 2.25. The summed E-state index contributed by atoms with van der Waals surface area (Å²) in [5, 5.41) is 3.54. The van der Waals surface area contributed by atoms with Crippen LogP contribution in [-0.4, -0.2) is 60.0 Å². The van der Waals surface area contributed by atoms with Crippen molar-refractivity contribution in [3.05, 3.63) is 0 Å². The third kappa shape index (κ3) is 6.35. The molecule has 0 spiro atoms. The molecule has 1 aliphatic rings.